The number of hydrogen-bond donors (Lipinski definition) is 0. The minimum absolute atomic E-state index is 0.170. The lowest BCUT2D eigenvalue weighted by Gasteiger charge is -2.18. The molecule has 3 nitrogen and oxygen atoms in total. The number of rotatable bonds is 1. The molecule has 1 heterocycles. The zero-order valence-corrected chi connectivity index (χ0v) is 8.58. The van der Waals surface area contributed by atoms with Gasteiger partial charge in [-0.2, -0.15) is 0 Å². The summed E-state index contributed by atoms with van der Waals surface area (Å²) >= 11 is 0. The SMILES string of the molecule is CCC1CCCN(C(=O)OC)CC1. The van der Waals surface area contributed by atoms with Crippen LogP contribution in [0.4, 0.5) is 4.79 Å². The highest BCUT2D eigenvalue weighted by molar-refractivity contribution is 5.67. The van der Waals surface area contributed by atoms with Crippen molar-refractivity contribution in [3.8, 4) is 0 Å². The molecule has 1 unspecified atom stereocenters. The molecule has 0 aliphatic carbocycles. The Kier molecular flexibility index (Phi) is 4.06. The number of hydrogen-bond acceptors (Lipinski definition) is 2. The predicted molar refractivity (Wildman–Crippen MR) is 51.6 cm³/mol. The summed E-state index contributed by atoms with van der Waals surface area (Å²) in [6.45, 7) is 3.95. The zero-order valence-electron chi connectivity index (χ0n) is 8.58. The Balaban J connectivity index is 2.40. The van der Waals surface area contributed by atoms with Crippen molar-refractivity contribution in [2.24, 2.45) is 5.92 Å². The minimum atomic E-state index is -0.170. The molecule has 1 atom stereocenters. The maximum atomic E-state index is 11.2. The van der Waals surface area contributed by atoms with Gasteiger partial charge in [0.15, 0.2) is 0 Å². The molecule has 13 heavy (non-hydrogen) atoms. The molecule has 0 spiro atoms. The molecule has 1 aliphatic rings. The van der Waals surface area contributed by atoms with Crippen molar-refractivity contribution in [3.05, 3.63) is 0 Å². The van der Waals surface area contributed by atoms with Gasteiger partial charge in [-0.3, -0.25) is 0 Å². The van der Waals surface area contributed by atoms with Crippen molar-refractivity contribution in [1.29, 1.82) is 0 Å². The van der Waals surface area contributed by atoms with Crippen molar-refractivity contribution >= 4 is 6.09 Å². The second kappa shape index (κ2) is 5.10. The van der Waals surface area contributed by atoms with Crippen molar-refractivity contribution in [2.75, 3.05) is 20.2 Å². The van der Waals surface area contributed by atoms with E-state index >= 15 is 0 Å². The van der Waals surface area contributed by atoms with E-state index in [1.807, 2.05) is 4.90 Å². The van der Waals surface area contributed by atoms with Crippen LogP contribution >= 0.6 is 0 Å². The Morgan fingerprint density at radius 3 is 2.85 bits per heavy atom. The number of carbonyl (C=O) groups is 1. The Bertz CT molecular complexity index is 170. The Hall–Kier alpha value is -0.730. The highest BCUT2D eigenvalue weighted by Crippen LogP contribution is 2.20. The van der Waals surface area contributed by atoms with Gasteiger partial charge in [0.05, 0.1) is 7.11 Å². The summed E-state index contributed by atoms with van der Waals surface area (Å²) in [6, 6.07) is 0. The molecule has 1 fully saturated rings. The number of likely N-dealkylation sites (tertiary alicyclic amines) is 1. The van der Waals surface area contributed by atoms with E-state index in [4.69, 9.17) is 4.74 Å². The average molecular weight is 185 g/mol. The number of ether oxygens (including phenoxy) is 1. The fourth-order valence-corrected chi connectivity index (χ4v) is 1.89. The predicted octanol–water partition coefficient (Wildman–Crippen LogP) is 2.26. The van der Waals surface area contributed by atoms with Crippen LogP contribution in [0.15, 0.2) is 0 Å². The van der Waals surface area contributed by atoms with Gasteiger partial charge in [-0.15, -0.1) is 0 Å². The Morgan fingerprint density at radius 1 is 1.46 bits per heavy atom. The van der Waals surface area contributed by atoms with Crippen LogP contribution in [-0.2, 0) is 4.74 Å². The topological polar surface area (TPSA) is 29.5 Å². The summed E-state index contributed by atoms with van der Waals surface area (Å²) in [7, 11) is 1.45. The molecule has 0 aromatic heterocycles. The Morgan fingerprint density at radius 2 is 2.23 bits per heavy atom. The molecule has 3 heteroatoms. The molecule has 0 saturated carbocycles. The first-order valence-electron chi connectivity index (χ1n) is 5.10. The molecule has 1 amide bonds. The van der Waals surface area contributed by atoms with Crippen LogP contribution in [0.5, 0.6) is 0 Å². The summed E-state index contributed by atoms with van der Waals surface area (Å²) in [6.07, 6.45) is 4.56. The molecule has 0 radical (unpaired) electrons. The summed E-state index contributed by atoms with van der Waals surface area (Å²) < 4.78 is 4.70. The standard InChI is InChI=1S/C10H19NO2/c1-3-9-5-4-7-11(8-6-9)10(12)13-2/h9H,3-8H2,1-2H3. The lowest BCUT2D eigenvalue weighted by atomic mass is 9.98. The molecule has 0 aromatic rings. The van der Waals surface area contributed by atoms with Crippen LogP contribution in [-0.4, -0.2) is 31.2 Å². The van der Waals surface area contributed by atoms with Crippen LogP contribution in [0.1, 0.15) is 32.6 Å². The van der Waals surface area contributed by atoms with E-state index in [9.17, 15) is 4.79 Å². The maximum absolute atomic E-state index is 11.2. The monoisotopic (exact) mass is 185 g/mol. The van der Waals surface area contributed by atoms with Gasteiger partial charge in [0.25, 0.3) is 0 Å². The highest BCUT2D eigenvalue weighted by atomic mass is 16.5. The van der Waals surface area contributed by atoms with Gasteiger partial charge in [-0.1, -0.05) is 13.3 Å². The molecular formula is C10H19NO2. The fraction of sp³-hybridized carbons (Fsp3) is 0.900. The van der Waals surface area contributed by atoms with Gasteiger partial charge in [0.1, 0.15) is 0 Å². The average Bonchev–Trinajstić information content (AvgIpc) is 2.41. The molecule has 0 bridgehead atoms. The van der Waals surface area contributed by atoms with Crippen molar-refractivity contribution < 1.29 is 9.53 Å². The summed E-state index contributed by atoms with van der Waals surface area (Å²) in [5, 5.41) is 0. The van der Waals surface area contributed by atoms with E-state index in [-0.39, 0.29) is 6.09 Å². The lowest BCUT2D eigenvalue weighted by Crippen LogP contribution is -2.31. The minimum Gasteiger partial charge on any atom is -0.453 e. The first-order valence-corrected chi connectivity index (χ1v) is 5.10. The fourth-order valence-electron chi connectivity index (χ4n) is 1.89. The van der Waals surface area contributed by atoms with E-state index < -0.39 is 0 Å². The van der Waals surface area contributed by atoms with E-state index in [1.54, 1.807) is 0 Å². The third-order valence-electron chi connectivity index (χ3n) is 2.86. The normalized spacial score (nSPS) is 23.8. The van der Waals surface area contributed by atoms with Crippen molar-refractivity contribution in [1.82, 2.24) is 4.90 Å². The molecule has 1 rings (SSSR count). The van der Waals surface area contributed by atoms with Gasteiger partial charge in [0, 0.05) is 13.1 Å². The van der Waals surface area contributed by atoms with Crippen LogP contribution in [0, 0.1) is 5.92 Å². The molecule has 1 aliphatic heterocycles. The third-order valence-corrected chi connectivity index (χ3v) is 2.86. The van der Waals surface area contributed by atoms with Crippen molar-refractivity contribution in [2.45, 2.75) is 32.6 Å². The molecule has 76 valence electrons. The van der Waals surface area contributed by atoms with Gasteiger partial charge < -0.3 is 9.64 Å². The van der Waals surface area contributed by atoms with Crippen molar-refractivity contribution in [3.63, 3.8) is 0 Å². The van der Waals surface area contributed by atoms with E-state index in [0.717, 1.165) is 31.8 Å². The summed E-state index contributed by atoms with van der Waals surface area (Å²) in [5.74, 6) is 0.801. The second-order valence-electron chi connectivity index (χ2n) is 3.66. The third kappa shape index (κ3) is 2.90. The first kappa shape index (κ1) is 10.4. The number of nitrogens with zero attached hydrogens (tertiary/aromatic N) is 1. The lowest BCUT2D eigenvalue weighted by molar-refractivity contribution is 0.124. The summed E-state index contributed by atoms with van der Waals surface area (Å²) in [4.78, 5) is 13.0. The van der Waals surface area contributed by atoms with Gasteiger partial charge in [-0.05, 0) is 25.2 Å². The molecular weight excluding hydrogens is 166 g/mol. The van der Waals surface area contributed by atoms with Gasteiger partial charge in [-0.25, -0.2) is 4.79 Å². The quantitative estimate of drug-likeness (QED) is 0.627. The van der Waals surface area contributed by atoms with E-state index in [2.05, 4.69) is 6.92 Å². The molecule has 1 saturated heterocycles. The van der Waals surface area contributed by atoms with E-state index in [0.29, 0.717) is 0 Å². The van der Waals surface area contributed by atoms with Crippen LogP contribution < -0.4 is 0 Å². The van der Waals surface area contributed by atoms with Crippen LogP contribution in [0.3, 0.4) is 0 Å². The maximum Gasteiger partial charge on any atom is 0.409 e. The highest BCUT2D eigenvalue weighted by Gasteiger charge is 2.19. The molecule has 0 N–H and O–H groups in total. The van der Waals surface area contributed by atoms with Gasteiger partial charge >= 0.3 is 6.09 Å². The number of methoxy groups -OCH3 is 1. The second-order valence-corrected chi connectivity index (χ2v) is 3.66. The summed E-state index contributed by atoms with van der Waals surface area (Å²) in [5.41, 5.74) is 0. The van der Waals surface area contributed by atoms with Crippen LogP contribution in [0.25, 0.3) is 0 Å². The zero-order chi connectivity index (χ0) is 9.68. The van der Waals surface area contributed by atoms with Crippen LogP contribution in [0.2, 0.25) is 0 Å². The van der Waals surface area contributed by atoms with Gasteiger partial charge in [0.2, 0.25) is 0 Å². The smallest absolute Gasteiger partial charge is 0.409 e. The number of amides is 1. The first-order chi connectivity index (χ1) is 6.27. The molecule has 0 aromatic carbocycles. The largest absolute Gasteiger partial charge is 0.453 e. The van der Waals surface area contributed by atoms with E-state index in [1.165, 1.54) is 20.0 Å². The Labute approximate surface area is 80.1 Å². The number of carbonyl (C=O) groups excluding carboxylic acids is 1.